The number of hydrogen-bond donors (Lipinski definition) is 1. The average molecular weight is 300 g/mol. The maximum Gasteiger partial charge on any atom is 0.257 e. The van der Waals surface area contributed by atoms with Gasteiger partial charge in [-0.05, 0) is 24.6 Å². The molecule has 0 spiro atoms. The minimum atomic E-state index is -0.133. The fourth-order valence-electron chi connectivity index (χ4n) is 1.59. The fraction of sp³-hybridized carbons (Fsp3) is 0.462. The summed E-state index contributed by atoms with van der Waals surface area (Å²) in [6.07, 6.45) is 3.24. The zero-order valence-corrected chi connectivity index (χ0v) is 11.8. The molecule has 3 nitrogen and oxygen atoms in total. The number of aromatic hydroxyl groups is 1. The molecule has 0 aliphatic rings. The Hall–Kier alpha value is -1.03. The first-order valence-electron chi connectivity index (χ1n) is 5.80. The van der Waals surface area contributed by atoms with Gasteiger partial charge in [-0.3, -0.25) is 4.79 Å². The zero-order valence-electron chi connectivity index (χ0n) is 10.2. The topological polar surface area (TPSA) is 40.5 Å². The van der Waals surface area contributed by atoms with Crippen molar-refractivity contribution in [2.24, 2.45) is 0 Å². The summed E-state index contributed by atoms with van der Waals surface area (Å²) in [6, 6.07) is 4.93. The van der Waals surface area contributed by atoms with Gasteiger partial charge in [-0.15, -0.1) is 0 Å². The lowest BCUT2D eigenvalue weighted by Gasteiger charge is -2.17. The zero-order chi connectivity index (χ0) is 12.8. The molecule has 0 aromatic heterocycles. The van der Waals surface area contributed by atoms with Gasteiger partial charge in [0.15, 0.2) is 0 Å². The van der Waals surface area contributed by atoms with E-state index in [2.05, 4.69) is 22.9 Å². The second-order valence-electron chi connectivity index (χ2n) is 4.10. The van der Waals surface area contributed by atoms with Crippen LogP contribution in [0.3, 0.4) is 0 Å². The van der Waals surface area contributed by atoms with Gasteiger partial charge in [0.2, 0.25) is 0 Å². The van der Waals surface area contributed by atoms with Crippen LogP contribution in [0.1, 0.15) is 36.5 Å². The van der Waals surface area contributed by atoms with Gasteiger partial charge in [0.1, 0.15) is 5.75 Å². The van der Waals surface area contributed by atoms with Crippen LogP contribution < -0.4 is 0 Å². The predicted molar refractivity (Wildman–Crippen MR) is 72.3 cm³/mol. The molecular formula is C13H18BrNO2. The third kappa shape index (κ3) is 4.04. The molecule has 0 bridgehead atoms. The van der Waals surface area contributed by atoms with Gasteiger partial charge >= 0.3 is 0 Å². The smallest absolute Gasteiger partial charge is 0.257 e. The van der Waals surface area contributed by atoms with Gasteiger partial charge in [-0.1, -0.05) is 35.7 Å². The van der Waals surface area contributed by atoms with Crippen LogP contribution >= 0.6 is 15.9 Å². The highest BCUT2D eigenvalue weighted by Crippen LogP contribution is 2.23. The number of halogens is 1. The predicted octanol–water partition coefficient (Wildman–Crippen LogP) is 3.42. The third-order valence-corrected chi connectivity index (χ3v) is 3.13. The minimum Gasteiger partial charge on any atom is -0.507 e. The van der Waals surface area contributed by atoms with E-state index in [0.29, 0.717) is 5.56 Å². The molecule has 1 aromatic carbocycles. The van der Waals surface area contributed by atoms with Crippen molar-refractivity contribution in [3.8, 4) is 5.75 Å². The Bertz CT molecular complexity index is 393. The number of rotatable bonds is 5. The van der Waals surface area contributed by atoms with Crippen molar-refractivity contribution >= 4 is 21.8 Å². The van der Waals surface area contributed by atoms with Gasteiger partial charge in [0.25, 0.3) is 5.91 Å². The molecule has 1 rings (SSSR count). The molecule has 0 heterocycles. The third-order valence-electron chi connectivity index (χ3n) is 2.63. The van der Waals surface area contributed by atoms with Crippen LogP contribution in [0.25, 0.3) is 0 Å². The van der Waals surface area contributed by atoms with Crippen LogP contribution in [0.15, 0.2) is 22.7 Å². The van der Waals surface area contributed by atoms with E-state index in [1.54, 1.807) is 24.1 Å². The molecule has 1 N–H and O–H groups in total. The maximum atomic E-state index is 12.0. The van der Waals surface area contributed by atoms with Crippen LogP contribution in [0.4, 0.5) is 0 Å². The van der Waals surface area contributed by atoms with E-state index in [4.69, 9.17) is 0 Å². The first-order chi connectivity index (χ1) is 8.06. The van der Waals surface area contributed by atoms with Crippen LogP contribution in [-0.4, -0.2) is 29.5 Å². The van der Waals surface area contributed by atoms with Crippen LogP contribution in [0, 0.1) is 0 Å². The first-order valence-corrected chi connectivity index (χ1v) is 6.59. The average Bonchev–Trinajstić information content (AvgIpc) is 2.28. The SMILES string of the molecule is CCCCCN(C)C(=O)c1ccc(Br)cc1O. The molecule has 0 unspecified atom stereocenters. The largest absolute Gasteiger partial charge is 0.507 e. The fourth-order valence-corrected chi connectivity index (χ4v) is 1.94. The standard InChI is InChI=1S/C13H18BrNO2/c1-3-4-5-8-15(2)13(17)11-7-6-10(14)9-12(11)16/h6-7,9,16H,3-5,8H2,1-2H3. The lowest BCUT2D eigenvalue weighted by Crippen LogP contribution is -2.27. The normalized spacial score (nSPS) is 10.3. The molecule has 4 heteroatoms. The number of phenolic OH excluding ortho intramolecular Hbond substituents is 1. The van der Waals surface area contributed by atoms with E-state index in [1.165, 1.54) is 6.07 Å². The molecule has 0 radical (unpaired) electrons. The van der Waals surface area contributed by atoms with Crippen molar-refractivity contribution in [2.45, 2.75) is 26.2 Å². The number of benzene rings is 1. The molecule has 0 aliphatic heterocycles. The van der Waals surface area contributed by atoms with E-state index < -0.39 is 0 Å². The molecule has 1 amide bonds. The van der Waals surface area contributed by atoms with E-state index in [1.807, 2.05) is 0 Å². The summed E-state index contributed by atoms with van der Waals surface area (Å²) in [5.41, 5.74) is 0.354. The quantitative estimate of drug-likeness (QED) is 0.846. The highest BCUT2D eigenvalue weighted by atomic mass is 79.9. The van der Waals surface area contributed by atoms with E-state index in [9.17, 15) is 9.90 Å². The van der Waals surface area contributed by atoms with E-state index in [0.717, 1.165) is 30.3 Å². The molecule has 1 aromatic rings. The van der Waals surface area contributed by atoms with Crippen LogP contribution in [0.2, 0.25) is 0 Å². The van der Waals surface area contributed by atoms with Crippen LogP contribution in [-0.2, 0) is 0 Å². The van der Waals surface area contributed by atoms with Gasteiger partial charge < -0.3 is 10.0 Å². The molecule has 0 saturated carbocycles. The Morgan fingerprint density at radius 1 is 1.41 bits per heavy atom. The lowest BCUT2D eigenvalue weighted by atomic mass is 10.1. The highest BCUT2D eigenvalue weighted by Gasteiger charge is 2.15. The molecule has 94 valence electrons. The van der Waals surface area contributed by atoms with Crippen molar-refractivity contribution in [2.75, 3.05) is 13.6 Å². The van der Waals surface area contributed by atoms with Gasteiger partial charge in [0.05, 0.1) is 5.56 Å². The molecule has 0 fully saturated rings. The minimum absolute atomic E-state index is 0.0201. The Kier molecular flexibility index (Phi) is 5.48. The van der Waals surface area contributed by atoms with Crippen molar-refractivity contribution in [3.63, 3.8) is 0 Å². The summed E-state index contributed by atoms with van der Waals surface area (Å²) in [7, 11) is 1.76. The number of hydrogen-bond acceptors (Lipinski definition) is 2. The van der Waals surface area contributed by atoms with Crippen molar-refractivity contribution in [1.82, 2.24) is 4.90 Å². The van der Waals surface area contributed by atoms with Crippen molar-refractivity contribution in [3.05, 3.63) is 28.2 Å². The second-order valence-corrected chi connectivity index (χ2v) is 5.01. The van der Waals surface area contributed by atoms with Crippen molar-refractivity contribution in [1.29, 1.82) is 0 Å². The van der Waals surface area contributed by atoms with Gasteiger partial charge in [-0.25, -0.2) is 0 Å². The summed E-state index contributed by atoms with van der Waals surface area (Å²) >= 11 is 3.25. The first kappa shape index (κ1) is 14.0. The second kappa shape index (κ2) is 6.64. The Balaban J connectivity index is 2.68. The number of unbranched alkanes of at least 4 members (excludes halogenated alkanes) is 2. The number of amides is 1. The highest BCUT2D eigenvalue weighted by molar-refractivity contribution is 9.10. The Morgan fingerprint density at radius 3 is 2.71 bits per heavy atom. The number of carbonyl (C=O) groups is 1. The molecule has 0 aliphatic carbocycles. The monoisotopic (exact) mass is 299 g/mol. The number of nitrogens with zero attached hydrogens (tertiary/aromatic N) is 1. The van der Waals surface area contributed by atoms with E-state index in [-0.39, 0.29) is 11.7 Å². The number of carbonyl (C=O) groups excluding carboxylic acids is 1. The molecule has 0 atom stereocenters. The Morgan fingerprint density at radius 2 is 2.12 bits per heavy atom. The van der Waals surface area contributed by atoms with Crippen molar-refractivity contribution < 1.29 is 9.90 Å². The van der Waals surface area contributed by atoms with E-state index >= 15 is 0 Å². The summed E-state index contributed by atoms with van der Waals surface area (Å²) in [5.74, 6) is -0.113. The summed E-state index contributed by atoms with van der Waals surface area (Å²) in [5, 5.41) is 9.70. The number of phenols is 1. The van der Waals surface area contributed by atoms with Gasteiger partial charge in [-0.2, -0.15) is 0 Å². The van der Waals surface area contributed by atoms with Crippen LogP contribution in [0.5, 0.6) is 5.75 Å². The maximum absolute atomic E-state index is 12.0. The molecule has 0 saturated heterocycles. The molecule has 17 heavy (non-hydrogen) atoms. The summed E-state index contributed by atoms with van der Waals surface area (Å²) in [4.78, 5) is 13.7. The van der Waals surface area contributed by atoms with Gasteiger partial charge in [0, 0.05) is 18.1 Å². The molecular weight excluding hydrogens is 282 g/mol. The summed E-state index contributed by atoms with van der Waals surface area (Å²) < 4.78 is 0.764. The summed E-state index contributed by atoms with van der Waals surface area (Å²) in [6.45, 7) is 2.85. The Labute approximate surface area is 111 Å². The lowest BCUT2D eigenvalue weighted by molar-refractivity contribution is 0.0789.